The van der Waals surface area contributed by atoms with Crippen LogP contribution in [0.1, 0.15) is 23.6 Å². The summed E-state index contributed by atoms with van der Waals surface area (Å²) in [5, 5.41) is 9.07. The normalized spacial score (nSPS) is 10.3. The van der Waals surface area contributed by atoms with E-state index in [2.05, 4.69) is 6.07 Å². The molecule has 3 nitrogen and oxygen atoms in total. The average molecular weight is 279 g/mol. The SMILES string of the molecule is C/C=C/c1ccc(OCc2ccccc2C#N)c(OC)c1. The Hall–Kier alpha value is -2.73. The van der Waals surface area contributed by atoms with Crippen LogP contribution < -0.4 is 9.47 Å². The highest BCUT2D eigenvalue weighted by molar-refractivity contribution is 5.55. The predicted molar refractivity (Wildman–Crippen MR) is 83.2 cm³/mol. The van der Waals surface area contributed by atoms with Gasteiger partial charge in [-0.1, -0.05) is 36.4 Å². The minimum Gasteiger partial charge on any atom is -0.493 e. The van der Waals surface area contributed by atoms with Crippen LogP contribution in [0, 0.1) is 11.3 Å². The van der Waals surface area contributed by atoms with Crippen LogP contribution in [0.4, 0.5) is 0 Å². The van der Waals surface area contributed by atoms with Crippen LogP contribution in [0.3, 0.4) is 0 Å². The summed E-state index contributed by atoms with van der Waals surface area (Å²) >= 11 is 0. The maximum absolute atomic E-state index is 9.07. The number of nitriles is 1. The van der Waals surface area contributed by atoms with Crippen molar-refractivity contribution in [3.8, 4) is 17.6 Å². The summed E-state index contributed by atoms with van der Waals surface area (Å²) in [5.74, 6) is 1.35. The van der Waals surface area contributed by atoms with E-state index in [1.165, 1.54) is 0 Å². The van der Waals surface area contributed by atoms with Gasteiger partial charge in [0.25, 0.3) is 0 Å². The van der Waals surface area contributed by atoms with Crippen LogP contribution in [-0.4, -0.2) is 7.11 Å². The molecule has 0 atom stereocenters. The molecular weight excluding hydrogens is 262 g/mol. The van der Waals surface area contributed by atoms with E-state index in [0.717, 1.165) is 11.1 Å². The van der Waals surface area contributed by atoms with Crippen LogP contribution in [0.25, 0.3) is 6.08 Å². The Morgan fingerprint density at radius 1 is 1.14 bits per heavy atom. The molecule has 3 heteroatoms. The summed E-state index contributed by atoms with van der Waals surface area (Å²) in [6, 6.07) is 15.3. The van der Waals surface area contributed by atoms with Crippen LogP contribution >= 0.6 is 0 Å². The van der Waals surface area contributed by atoms with E-state index in [4.69, 9.17) is 14.7 Å². The molecule has 0 radical (unpaired) electrons. The first-order valence-corrected chi connectivity index (χ1v) is 6.70. The number of allylic oxidation sites excluding steroid dienone is 1. The number of ether oxygens (including phenoxy) is 2. The molecule has 0 bridgehead atoms. The molecule has 0 unspecified atom stereocenters. The number of nitrogens with zero attached hydrogens (tertiary/aromatic N) is 1. The van der Waals surface area contributed by atoms with Gasteiger partial charge in [-0.3, -0.25) is 0 Å². The van der Waals surface area contributed by atoms with Gasteiger partial charge in [0.05, 0.1) is 18.7 Å². The predicted octanol–water partition coefficient (Wildman–Crippen LogP) is 4.18. The van der Waals surface area contributed by atoms with Crippen molar-refractivity contribution in [1.29, 1.82) is 5.26 Å². The number of methoxy groups -OCH3 is 1. The van der Waals surface area contributed by atoms with Gasteiger partial charge in [0, 0.05) is 5.56 Å². The molecule has 0 saturated carbocycles. The maximum Gasteiger partial charge on any atom is 0.161 e. The molecule has 2 aromatic rings. The highest BCUT2D eigenvalue weighted by Crippen LogP contribution is 2.29. The average Bonchev–Trinajstić information content (AvgIpc) is 2.54. The van der Waals surface area contributed by atoms with Gasteiger partial charge in [-0.2, -0.15) is 5.26 Å². The molecule has 2 rings (SSSR count). The largest absolute Gasteiger partial charge is 0.493 e. The van der Waals surface area contributed by atoms with Gasteiger partial charge in [0.2, 0.25) is 0 Å². The van der Waals surface area contributed by atoms with Gasteiger partial charge in [-0.15, -0.1) is 0 Å². The van der Waals surface area contributed by atoms with E-state index < -0.39 is 0 Å². The third kappa shape index (κ3) is 3.64. The van der Waals surface area contributed by atoms with E-state index >= 15 is 0 Å². The van der Waals surface area contributed by atoms with Crippen LogP contribution in [-0.2, 0) is 6.61 Å². The van der Waals surface area contributed by atoms with Crippen LogP contribution in [0.15, 0.2) is 48.5 Å². The van der Waals surface area contributed by atoms with Crippen molar-refractivity contribution in [2.45, 2.75) is 13.5 Å². The van der Waals surface area contributed by atoms with Crippen LogP contribution in [0.2, 0.25) is 0 Å². The van der Waals surface area contributed by atoms with Crippen LogP contribution in [0.5, 0.6) is 11.5 Å². The Kier molecular flexibility index (Phi) is 5.00. The molecule has 0 amide bonds. The first-order valence-electron chi connectivity index (χ1n) is 6.70. The Bertz CT molecular complexity index is 684. The van der Waals surface area contributed by atoms with Crippen molar-refractivity contribution in [3.05, 3.63) is 65.2 Å². The Balaban J connectivity index is 2.18. The lowest BCUT2D eigenvalue weighted by molar-refractivity contribution is 0.284. The van der Waals surface area contributed by atoms with E-state index in [-0.39, 0.29) is 0 Å². The second-order valence-corrected chi connectivity index (χ2v) is 4.47. The Morgan fingerprint density at radius 2 is 1.95 bits per heavy atom. The lowest BCUT2D eigenvalue weighted by Gasteiger charge is -2.12. The number of rotatable bonds is 5. The zero-order valence-corrected chi connectivity index (χ0v) is 12.2. The molecule has 106 valence electrons. The third-order valence-electron chi connectivity index (χ3n) is 3.07. The smallest absolute Gasteiger partial charge is 0.161 e. The quantitative estimate of drug-likeness (QED) is 0.824. The van der Waals surface area contributed by atoms with Crippen molar-refractivity contribution in [2.75, 3.05) is 7.11 Å². The van der Waals surface area contributed by atoms with Gasteiger partial charge in [-0.25, -0.2) is 0 Å². The van der Waals surface area contributed by atoms with Gasteiger partial charge >= 0.3 is 0 Å². The molecule has 0 aliphatic rings. The molecule has 0 heterocycles. The second-order valence-electron chi connectivity index (χ2n) is 4.47. The molecule has 21 heavy (non-hydrogen) atoms. The zero-order chi connectivity index (χ0) is 15.1. The second kappa shape index (κ2) is 7.16. The first-order chi connectivity index (χ1) is 10.3. The standard InChI is InChI=1S/C18H17NO2/c1-3-6-14-9-10-17(18(11-14)20-2)21-13-16-8-5-4-7-15(16)12-19/h3-11H,13H2,1-2H3/b6-3+. The molecule has 2 aromatic carbocycles. The van der Waals surface area contributed by atoms with Crippen molar-refractivity contribution in [2.24, 2.45) is 0 Å². The molecule has 0 spiro atoms. The summed E-state index contributed by atoms with van der Waals surface area (Å²) < 4.78 is 11.1. The lowest BCUT2D eigenvalue weighted by Crippen LogP contribution is -2.00. The fourth-order valence-electron chi connectivity index (χ4n) is 2.01. The Morgan fingerprint density at radius 3 is 2.67 bits per heavy atom. The number of hydrogen-bond acceptors (Lipinski definition) is 3. The van der Waals surface area contributed by atoms with Crippen molar-refractivity contribution in [3.63, 3.8) is 0 Å². The monoisotopic (exact) mass is 279 g/mol. The molecular formula is C18H17NO2. The summed E-state index contributed by atoms with van der Waals surface area (Å²) in [6.45, 7) is 2.30. The first kappa shape index (κ1) is 14.7. The molecule has 0 aliphatic carbocycles. The molecule has 0 N–H and O–H groups in total. The van der Waals surface area contributed by atoms with E-state index in [1.54, 1.807) is 13.2 Å². The fraction of sp³-hybridized carbons (Fsp3) is 0.167. The van der Waals surface area contributed by atoms with Crippen molar-refractivity contribution in [1.82, 2.24) is 0 Å². The van der Waals surface area contributed by atoms with Crippen molar-refractivity contribution < 1.29 is 9.47 Å². The summed E-state index contributed by atoms with van der Waals surface area (Å²) in [6.07, 6.45) is 3.97. The topological polar surface area (TPSA) is 42.2 Å². The van der Waals surface area contributed by atoms with E-state index in [9.17, 15) is 0 Å². The zero-order valence-electron chi connectivity index (χ0n) is 12.2. The Labute approximate surface area is 125 Å². The van der Waals surface area contributed by atoms with Crippen molar-refractivity contribution >= 4 is 6.08 Å². The minimum absolute atomic E-state index is 0.336. The summed E-state index contributed by atoms with van der Waals surface area (Å²) in [5.41, 5.74) is 2.54. The van der Waals surface area contributed by atoms with Gasteiger partial charge in [0.1, 0.15) is 6.61 Å². The maximum atomic E-state index is 9.07. The van der Waals surface area contributed by atoms with Gasteiger partial charge < -0.3 is 9.47 Å². The lowest BCUT2D eigenvalue weighted by atomic mass is 10.1. The third-order valence-corrected chi connectivity index (χ3v) is 3.07. The van der Waals surface area contributed by atoms with Gasteiger partial charge in [0.15, 0.2) is 11.5 Å². The summed E-state index contributed by atoms with van der Waals surface area (Å²) in [7, 11) is 1.62. The fourth-order valence-corrected chi connectivity index (χ4v) is 2.01. The molecule has 0 saturated heterocycles. The number of hydrogen-bond donors (Lipinski definition) is 0. The summed E-state index contributed by atoms with van der Waals surface area (Å²) in [4.78, 5) is 0. The number of benzene rings is 2. The van der Waals surface area contributed by atoms with Gasteiger partial charge in [-0.05, 0) is 30.7 Å². The minimum atomic E-state index is 0.336. The van der Waals surface area contributed by atoms with E-state index in [1.807, 2.05) is 55.5 Å². The highest BCUT2D eigenvalue weighted by atomic mass is 16.5. The highest BCUT2D eigenvalue weighted by Gasteiger charge is 2.07. The molecule has 0 aromatic heterocycles. The molecule has 0 aliphatic heterocycles. The van der Waals surface area contributed by atoms with E-state index in [0.29, 0.717) is 23.7 Å². The molecule has 0 fully saturated rings.